The van der Waals surface area contributed by atoms with Crippen molar-refractivity contribution in [2.24, 2.45) is 0 Å². The summed E-state index contributed by atoms with van der Waals surface area (Å²) < 4.78 is 15.4. The quantitative estimate of drug-likeness (QED) is 0.514. The third-order valence-electron chi connectivity index (χ3n) is 3.88. The number of nitrogens with one attached hydrogen (secondary N) is 1. The largest absolute Gasteiger partial charge is 0.496 e. The van der Waals surface area contributed by atoms with Gasteiger partial charge in [0.1, 0.15) is 15.6 Å². The summed E-state index contributed by atoms with van der Waals surface area (Å²) in [4.78, 5) is 37.2. The Morgan fingerprint density at radius 2 is 1.72 bits per heavy atom. The van der Waals surface area contributed by atoms with Crippen LogP contribution in [0.1, 0.15) is 45.0 Å². The second kappa shape index (κ2) is 10.4. The number of amides is 1. The highest BCUT2D eigenvalue weighted by Gasteiger charge is 2.27. The Labute approximate surface area is 173 Å². The summed E-state index contributed by atoms with van der Waals surface area (Å²) in [6.07, 6.45) is 2.93. The van der Waals surface area contributed by atoms with Gasteiger partial charge in [0.2, 0.25) is 5.91 Å². The first-order valence-electron chi connectivity index (χ1n) is 9.02. The van der Waals surface area contributed by atoms with Crippen molar-refractivity contribution < 1.29 is 28.6 Å². The lowest BCUT2D eigenvalue weighted by Crippen LogP contribution is -2.13. The summed E-state index contributed by atoms with van der Waals surface area (Å²) in [6.45, 7) is 5.37. The molecule has 7 nitrogen and oxygen atoms in total. The number of hydrogen-bond acceptors (Lipinski definition) is 7. The summed E-state index contributed by atoms with van der Waals surface area (Å²) in [6, 6.07) is 7.24. The molecule has 0 atom stereocenters. The van der Waals surface area contributed by atoms with Crippen LogP contribution in [0.25, 0.3) is 6.08 Å². The van der Waals surface area contributed by atoms with E-state index in [-0.39, 0.29) is 28.7 Å². The van der Waals surface area contributed by atoms with E-state index >= 15 is 0 Å². The molecule has 0 fully saturated rings. The summed E-state index contributed by atoms with van der Waals surface area (Å²) in [5.41, 5.74) is 1.29. The van der Waals surface area contributed by atoms with Crippen molar-refractivity contribution in [1.29, 1.82) is 0 Å². The van der Waals surface area contributed by atoms with Crippen LogP contribution in [-0.2, 0) is 14.3 Å². The molecule has 0 spiro atoms. The second-order valence-electron chi connectivity index (χ2n) is 5.77. The van der Waals surface area contributed by atoms with Crippen LogP contribution in [0.3, 0.4) is 0 Å². The van der Waals surface area contributed by atoms with Gasteiger partial charge in [0.05, 0.1) is 25.9 Å². The number of carbonyl (C=O) groups excluding carboxylic acids is 3. The molecule has 29 heavy (non-hydrogen) atoms. The standard InChI is InChI=1S/C21H23NO6S/c1-5-27-20(24)17-13(3)18(21(25)28-6-2)29-19(17)22-16(23)12-11-14-9-7-8-10-15(14)26-4/h7-12H,5-6H2,1-4H3,(H,22,23)/b12-11+. The van der Waals surface area contributed by atoms with E-state index in [9.17, 15) is 14.4 Å². The van der Waals surface area contributed by atoms with Gasteiger partial charge in [-0.15, -0.1) is 11.3 Å². The van der Waals surface area contributed by atoms with E-state index in [0.717, 1.165) is 16.9 Å². The van der Waals surface area contributed by atoms with Gasteiger partial charge in [0, 0.05) is 11.6 Å². The number of carbonyl (C=O) groups is 3. The van der Waals surface area contributed by atoms with Crippen molar-refractivity contribution in [1.82, 2.24) is 0 Å². The lowest BCUT2D eigenvalue weighted by atomic mass is 10.1. The van der Waals surface area contributed by atoms with Crippen molar-refractivity contribution in [3.63, 3.8) is 0 Å². The van der Waals surface area contributed by atoms with Crippen LogP contribution in [0.2, 0.25) is 0 Å². The SMILES string of the molecule is CCOC(=O)c1sc(NC(=O)/C=C/c2ccccc2OC)c(C(=O)OCC)c1C. The molecule has 2 aromatic rings. The molecule has 2 rings (SSSR count). The van der Waals surface area contributed by atoms with Gasteiger partial charge in [0.25, 0.3) is 0 Å². The fraction of sp³-hybridized carbons (Fsp3) is 0.286. The minimum Gasteiger partial charge on any atom is -0.496 e. The number of anilines is 1. The molecule has 0 saturated heterocycles. The van der Waals surface area contributed by atoms with E-state index in [4.69, 9.17) is 14.2 Å². The number of thiophene rings is 1. The molecule has 0 radical (unpaired) electrons. The van der Waals surface area contributed by atoms with E-state index < -0.39 is 17.8 Å². The summed E-state index contributed by atoms with van der Waals surface area (Å²) in [5, 5.41) is 2.89. The Bertz CT molecular complexity index is 931. The van der Waals surface area contributed by atoms with Gasteiger partial charge in [-0.05, 0) is 38.5 Å². The van der Waals surface area contributed by atoms with Gasteiger partial charge in [-0.3, -0.25) is 4.79 Å². The van der Waals surface area contributed by atoms with Crippen LogP contribution >= 0.6 is 11.3 Å². The van der Waals surface area contributed by atoms with Crippen LogP contribution in [0.4, 0.5) is 5.00 Å². The van der Waals surface area contributed by atoms with Crippen LogP contribution in [-0.4, -0.2) is 38.2 Å². The first-order valence-corrected chi connectivity index (χ1v) is 9.84. The molecule has 0 aliphatic heterocycles. The summed E-state index contributed by atoms with van der Waals surface area (Å²) in [7, 11) is 1.55. The maximum Gasteiger partial charge on any atom is 0.348 e. The molecule has 1 heterocycles. The zero-order valence-electron chi connectivity index (χ0n) is 16.7. The fourth-order valence-electron chi connectivity index (χ4n) is 2.57. The Morgan fingerprint density at radius 3 is 2.38 bits per heavy atom. The van der Waals surface area contributed by atoms with Gasteiger partial charge in [0.15, 0.2) is 0 Å². The number of hydrogen-bond donors (Lipinski definition) is 1. The Hall–Kier alpha value is -3.13. The topological polar surface area (TPSA) is 90.9 Å². The van der Waals surface area contributed by atoms with E-state index in [0.29, 0.717) is 11.3 Å². The van der Waals surface area contributed by atoms with Crippen LogP contribution in [0.15, 0.2) is 30.3 Å². The average Bonchev–Trinajstić information content (AvgIpc) is 3.02. The monoisotopic (exact) mass is 417 g/mol. The third-order valence-corrected chi connectivity index (χ3v) is 5.06. The smallest absolute Gasteiger partial charge is 0.348 e. The molecule has 1 N–H and O–H groups in total. The second-order valence-corrected chi connectivity index (χ2v) is 6.79. The van der Waals surface area contributed by atoms with Crippen LogP contribution in [0, 0.1) is 6.92 Å². The summed E-state index contributed by atoms with van der Waals surface area (Å²) >= 11 is 0.980. The lowest BCUT2D eigenvalue weighted by molar-refractivity contribution is -0.111. The molecule has 0 aliphatic carbocycles. The molecular formula is C21H23NO6S. The van der Waals surface area contributed by atoms with Gasteiger partial charge < -0.3 is 19.5 Å². The molecule has 154 valence electrons. The van der Waals surface area contributed by atoms with Crippen molar-refractivity contribution in [3.8, 4) is 5.75 Å². The molecular weight excluding hydrogens is 394 g/mol. The van der Waals surface area contributed by atoms with E-state index in [1.807, 2.05) is 12.1 Å². The number of benzene rings is 1. The van der Waals surface area contributed by atoms with Crippen molar-refractivity contribution in [2.45, 2.75) is 20.8 Å². The molecule has 8 heteroatoms. The normalized spacial score (nSPS) is 10.6. The average molecular weight is 417 g/mol. The highest BCUT2D eigenvalue weighted by Crippen LogP contribution is 2.34. The third kappa shape index (κ3) is 5.45. The maximum atomic E-state index is 12.4. The van der Waals surface area contributed by atoms with E-state index in [1.165, 1.54) is 6.08 Å². The Morgan fingerprint density at radius 1 is 1.07 bits per heavy atom. The predicted molar refractivity (Wildman–Crippen MR) is 112 cm³/mol. The van der Waals surface area contributed by atoms with Gasteiger partial charge in [-0.1, -0.05) is 18.2 Å². The molecule has 1 aromatic carbocycles. The minimum absolute atomic E-state index is 0.152. The van der Waals surface area contributed by atoms with Crippen LogP contribution < -0.4 is 10.1 Å². The fourth-order valence-corrected chi connectivity index (χ4v) is 3.66. The number of rotatable bonds is 8. The highest BCUT2D eigenvalue weighted by atomic mass is 32.1. The highest BCUT2D eigenvalue weighted by molar-refractivity contribution is 7.18. The zero-order valence-corrected chi connectivity index (χ0v) is 17.6. The number of ether oxygens (including phenoxy) is 3. The summed E-state index contributed by atoms with van der Waals surface area (Å²) in [5.74, 6) is -0.996. The number of para-hydroxylation sites is 1. The first-order chi connectivity index (χ1) is 13.9. The molecule has 1 aromatic heterocycles. The zero-order chi connectivity index (χ0) is 21.4. The number of methoxy groups -OCH3 is 1. The Kier molecular flexibility index (Phi) is 7.97. The van der Waals surface area contributed by atoms with Crippen LogP contribution in [0.5, 0.6) is 5.75 Å². The van der Waals surface area contributed by atoms with Crippen molar-refractivity contribution in [3.05, 3.63) is 51.9 Å². The number of esters is 2. The van der Waals surface area contributed by atoms with Gasteiger partial charge >= 0.3 is 11.9 Å². The molecule has 0 unspecified atom stereocenters. The first kappa shape index (κ1) is 22.2. The molecule has 0 aliphatic rings. The molecule has 1 amide bonds. The molecule has 0 bridgehead atoms. The minimum atomic E-state index is -0.610. The predicted octanol–water partition coefficient (Wildman–Crippen LogP) is 4.07. The molecule has 0 saturated carbocycles. The van der Waals surface area contributed by atoms with E-state index in [2.05, 4.69) is 5.32 Å². The lowest BCUT2D eigenvalue weighted by Gasteiger charge is -2.06. The Balaban J connectivity index is 2.31. The van der Waals surface area contributed by atoms with Gasteiger partial charge in [-0.25, -0.2) is 9.59 Å². The van der Waals surface area contributed by atoms with E-state index in [1.54, 1.807) is 46.1 Å². The van der Waals surface area contributed by atoms with Crippen molar-refractivity contribution >= 4 is 40.3 Å². The van der Waals surface area contributed by atoms with Crippen molar-refractivity contribution in [2.75, 3.05) is 25.6 Å². The maximum absolute atomic E-state index is 12.4. The van der Waals surface area contributed by atoms with Gasteiger partial charge in [-0.2, -0.15) is 0 Å².